The molecule has 0 aliphatic carbocycles. The van der Waals surface area contributed by atoms with E-state index in [1.165, 1.54) is 12.1 Å². The number of carbonyl (C=O) groups is 1. The highest BCUT2D eigenvalue weighted by Crippen LogP contribution is 2.43. The average molecular weight is 411 g/mol. The van der Waals surface area contributed by atoms with E-state index in [-0.39, 0.29) is 5.56 Å². The van der Waals surface area contributed by atoms with E-state index in [2.05, 4.69) is 4.98 Å². The van der Waals surface area contributed by atoms with Crippen molar-refractivity contribution in [2.75, 3.05) is 0 Å². The van der Waals surface area contributed by atoms with Crippen molar-refractivity contribution in [3.05, 3.63) is 77.5 Å². The zero-order valence-electron chi connectivity index (χ0n) is 14.3. The van der Waals surface area contributed by atoms with E-state index < -0.39 is 52.0 Å². The lowest BCUT2D eigenvalue weighted by Crippen LogP contribution is -2.11. The maximum Gasteiger partial charge on any atom is 0.417 e. The second-order valence-corrected chi connectivity index (χ2v) is 5.98. The fourth-order valence-electron chi connectivity index (χ4n) is 2.90. The van der Waals surface area contributed by atoms with Gasteiger partial charge < -0.3 is 5.11 Å². The molecule has 3 rings (SSSR count). The third-order valence-electron chi connectivity index (χ3n) is 4.12. The van der Waals surface area contributed by atoms with Crippen molar-refractivity contribution in [2.45, 2.75) is 12.4 Å². The molecular weight excluding hydrogens is 400 g/mol. The summed E-state index contributed by atoms with van der Waals surface area (Å²) >= 11 is 0. The summed E-state index contributed by atoms with van der Waals surface area (Å²) in [4.78, 5) is 15.0. The highest BCUT2D eigenvalue weighted by atomic mass is 19.4. The Labute approximate surface area is 160 Å². The van der Waals surface area contributed by atoms with Crippen LogP contribution in [0, 0.1) is 0 Å². The Balaban J connectivity index is 2.39. The van der Waals surface area contributed by atoms with E-state index >= 15 is 0 Å². The van der Waals surface area contributed by atoms with Gasteiger partial charge in [0.05, 0.1) is 16.8 Å². The maximum absolute atomic E-state index is 13.5. The van der Waals surface area contributed by atoms with Crippen LogP contribution >= 0.6 is 0 Å². The van der Waals surface area contributed by atoms with Crippen LogP contribution in [0.3, 0.4) is 0 Å². The quantitative estimate of drug-likeness (QED) is 0.526. The van der Waals surface area contributed by atoms with Crippen LogP contribution in [0.1, 0.15) is 21.6 Å². The first kappa shape index (κ1) is 20.4. The van der Waals surface area contributed by atoms with Gasteiger partial charge in [-0.1, -0.05) is 36.4 Å². The Morgan fingerprint density at radius 1 is 0.690 bits per heavy atom. The number of rotatable bonds is 3. The number of aromatic nitrogens is 1. The number of nitrogens with zero attached hydrogens (tertiary/aromatic N) is 1. The van der Waals surface area contributed by atoms with E-state index in [9.17, 15) is 31.1 Å². The van der Waals surface area contributed by atoms with Gasteiger partial charge >= 0.3 is 18.3 Å². The molecule has 1 N–H and O–H groups in total. The van der Waals surface area contributed by atoms with Crippen LogP contribution in [0.5, 0.6) is 0 Å². The minimum atomic E-state index is -4.82. The molecule has 3 aromatic rings. The van der Waals surface area contributed by atoms with Crippen molar-refractivity contribution in [3.63, 3.8) is 0 Å². The summed E-state index contributed by atoms with van der Waals surface area (Å²) in [5, 5.41) is 9.17. The topological polar surface area (TPSA) is 50.2 Å². The number of carboxylic acids is 1. The number of benzene rings is 2. The SMILES string of the molecule is O=C(O)c1ccc(-c2ccccc2C(F)(F)F)c(-c2ccccc2C(F)(F)F)n1. The van der Waals surface area contributed by atoms with Crippen molar-refractivity contribution in [3.8, 4) is 22.4 Å². The molecule has 0 atom stereocenters. The molecule has 0 spiro atoms. The molecule has 1 aromatic heterocycles. The molecule has 1 heterocycles. The van der Waals surface area contributed by atoms with Crippen LogP contribution in [-0.4, -0.2) is 16.1 Å². The van der Waals surface area contributed by atoms with Crippen LogP contribution in [0.15, 0.2) is 60.7 Å². The molecule has 0 saturated carbocycles. The van der Waals surface area contributed by atoms with Gasteiger partial charge in [0.1, 0.15) is 5.69 Å². The van der Waals surface area contributed by atoms with Crippen molar-refractivity contribution in [1.82, 2.24) is 4.98 Å². The molecule has 0 aliphatic rings. The van der Waals surface area contributed by atoms with Crippen molar-refractivity contribution < 1.29 is 36.2 Å². The smallest absolute Gasteiger partial charge is 0.417 e. The zero-order valence-corrected chi connectivity index (χ0v) is 14.3. The van der Waals surface area contributed by atoms with E-state index in [1.54, 1.807) is 0 Å². The average Bonchev–Trinajstić information content (AvgIpc) is 2.66. The molecule has 150 valence electrons. The summed E-state index contributed by atoms with van der Waals surface area (Å²) in [5.74, 6) is -1.52. The number of halogens is 6. The highest BCUT2D eigenvalue weighted by Gasteiger charge is 2.36. The second-order valence-electron chi connectivity index (χ2n) is 5.98. The normalized spacial score (nSPS) is 12.1. The number of pyridine rings is 1. The van der Waals surface area contributed by atoms with Gasteiger partial charge in [0, 0.05) is 11.1 Å². The third-order valence-corrected chi connectivity index (χ3v) is 4.12. The Morgan fingerprint density at radius 2 is 1.17 bits per heavy atom. The highest BCUT2D eigenvalue weighted by molar-refractivity contribution is 5.90. The Kier molecular flexibility index (Phi) is 5.08. The standard InChI is InChI=1S/C20H11F6NO2/c21-19(22,23)14-7-3-1-5-11(14)12-9-10-16(18(28)29)27-17(12)13-6-2-4-8-15(13)20(24,25)26/h1-10H,(H,28,29). The summed E-state index contributed by atoms with van der Waals surface area (Å²) in [6, 6.07) is 10.5. The fraction of sp³-hybridized carbons (Fsp3) is 0.100. The first-order valence-corrected chi connectivity index (χ1v) is 8.07. The van der Waals surface area contributed by atoms with Gasteiger partial charge in [-0.15, -0.1) is 0 Å². The monoisotopic (exact) mass is 411 g/mol. The molecule has 0 radical (unpaired) electrons. The summed E-state index contributed by atoms with van der Waals surface area (Å²) < 4.78 is 80.8. The number of hydrogen-bond donors (Lipinski definition) is 1. The third kappa shape index (κ3) is 4.08. The first-order valence-electron chi connectivity index (χ1n) is 8.07. The molecule has 0 aliphatic heterocycles. The molecule has 9 heteroatoms. The molecule has 0 unspecified atom stereocenters. The van der Waals surface area contributed by atoms with Gasteiger partial charge in [0.2, 0.25) is 0 Å². The van der Waals surface area contributed by atoms with Crippen LogP contribution in [-0.2, 0) is 12.4 Å². The van der Waals surface area contributed by atoms with Crippen molar-refractivity contribution in [2.24, 2.45) is 0 Å². The predicted octanol–water partition coefficient (Wildman–Crippen LogP) is 6.15. The molecular formula is C20H11F6NO2. The van der Waals surface area contributed by atoms with Gasteiger partial charge in [-0.25, -0.2) is 9.78 Å². The summed E-state index contributed by atoms with van der Waals surface area (Å²) in [5.41, 5.74) is -4.50. The molecule has 3 nitrogen and oxygen atoms in total. The molecule has 0 saturated heterocycles. The minimum absolute atomic E-state index is 0.264. The van der Waals surface area contributed by atoms with E-state index in [4.69, 9.17) is 5.11 Å². The van der Waals surface area contributed by atoms with Crippen LogP contribution in [0.4, 0.5) is 26.3 Å². The Morgan fingerprint density at radius 3 is 1.69 bits per heavy atom. The van der Waals surface area contributed by atoms with E-state index in [0.717, 1.165) is 48.5 Å². The lowest BCUT2D eigenvalue weighted by Gasteiger charge is -2.18. The summed E-state index contributed by atoms with van der Waals surface area (Å²) in [7, 11) is 0. The molecule has 0 fully saturated rings. The van der Waals surface area contributed by atoms with E-state index in [0.29, 0.717) is 0 Å². The lowest BCUT2D eigenvalue weighted by molar-refractivity contribution is -0.138. The second kappa shape index (κ2) is 7.23. The zero-order chi connectivity index (χ0) is 21.4. The first-order chi connectivity index (χ1) is 13.5. The largest absolute Gasteiger partial charge is 0.477 e. The van der Waals surface area contributed by atoms with Crippen molar-refractivity contribution in [1.29, 1.82) is 0 Å². The van der Waals surface area contributed by atoms with Crippen LogP contribution in [0.25, 0.3) is 22.4 Å². The van der Waals surface area contributed by atoms with Gasteiger partial charge in [0.15, 0.2) is 0 Å². The van der Waals surface area contributed by atoms with Gasteiger partial charge in [0.25, 0.3) is 0 Å². The summed E-state index contributed by atoms with van der Waals surface area (Å²) in [6.07, 6.45) is -9.60. The minimum Gasteiger partial charge on any atom is -0.477 e. The molecule has 29 heavy (non-hydrogen) atoms. The van der Waals surface area contributed by atoms with Crippen molar-refractivity contribution >= 4 is 5.97 Å². The number of hydrogen-bond acceptors (Lipinski definition) is 2. The van der Waals surface area contributed by atoms with Crippen LogP contribution < -0.4 is 0 Å². The number of carboxylic acid groups (broad SMARTS) is 1. The molecule has 0 amide bonds. The summed E-state index contributed by atoms with van der Waals surface area (Å²) in [6.45, 7) is 0. The lowest BCUT2D eigenvalue weighted by atomic mass is 9.92. The van der Waals surface area contributed by atoms with E-state index in [1.807, 2.05) is 0 Å². The molecule has 0 bridgehead atoms. The number of alkyl halides is 6. The number of aromatic carboxylic acids is 1. The van der Waals surface area contributed by atoms with Gasteiger partial charge in [-0.05, 0) is 29.8 Å². The maximum atomic E-state index is 13.5. The van der Waals surface area contributed by atoms with Crippen LogP contribution in [0.2, 0.25) is 0 Å². The Hall–Kier alpha value is -3.36. The Bertz CT molecular complexity index is 1070. The van der Waals surface area contributed by atoms with Gasteiger partial charge in [-0.2, -0.15) is 26.3 Å². The molecule has 2 aromatic carbocycles. The fourth-order valence-corrected chi connectivity index (χ4v) is 2.90. The predicted molar refractivity (Wildman–Crippen MR) is 92.1 cm³/mol. The van der Waals surface area contributed by atoms with Gasteiger partial charge in [-0.3, -0.25) is 0 Å².